The molecule has 2 aliphatic rings. The van der Waals surface area contributed by atoms with Crippen LogP contribution in [0.25, 0.3) is 0 Å². The molecule has 2 fully saturated rings. The van der Waals surface area contributed by atoms with Gasteiger partial charge in [-0.05, 0) is 37.9 Å². The van der Waals surface area contributed by atoms with Gasteiger partial charge >= 0.3 is 5.97 Å². The Labute approximate surface area is 105 Å². The highest BCUT2D eigenvalue weighted by Crippen LogP contribution is 2.43. The van der Waals surface area contributed by atoms with Crippen molar-refractivity contribution in [3.63, 3.8) is 0 Å². The SMILES string of the molecule is COC(=O)c1ccc(C2(O)CCN3CCCC32)o1. The molecule has 1 aromatic heterocycles. The Kier molecular flexibility index (Phi) is 2.68. The van der Waals surface area contributed by atoms with Crippen LogP contribution >= 0.6 is 0 Å². The van der Waals surface area contributed by atoms with Gasteiger partial charge in [0, 0.05) is 12.6 Å². The van der Waals surface area contributed by atoms with Gasteiger partial charge in [0.2, 0.25) is 5.76 Å². The third-order valence-electron chi connectivity index (χ3n) is 4.11. The topological polar surface area (TPSA) is 62.9 Å². The highest BCUT2D eigenvalue weighted by atomic mass is 16.5. The lowest BCUT2D eigenvalue weighted by Crippen LogP contribution is -2.38. The zero-order valence-electron chi connectivity index (χ0n) is 10.4. The van der Waals surface area contributed by atoms with Crippen molar-refractivity contribution < 1.29 is 19.1 Å². The smallest absolute Gasteiger partial charge is 0.373 e. The Balaban J connectivity index is 1.90. The summed E-state index contributed by atoms with van der Waals surface area (Å²) < 4.78 is 10.1. The van der Waals surface area contributed by atoms with Crippen molar-refractivity contribution in [3.8, 4) is 0 Å². The van der Waals surface area contributed by atoms with E-state index in [1.54, 1.807) is 12.1 Å². The quantitative estimate of drug-likeness (QED) is 0.798. The lowest BCUT2D eigenvalue weighted by Gasteiger charge is -2.27. The molecule has 2 atom stereocenters. The second-order valence-electron chi connectivity index (χ2n) is 5.02. The molecule has 98 valence electrons. The van der Waals surface area contributed by atoms with Crippen LogP contribution in [0.2, 0.25) is 0 Å². The Hall–Kier alpha value is -1.33. The molecular weight excluding hydrogens is 234 g/mol. The molecule has 1 aromatic rings. The van der Waals surface area contributed by atoms with Gasteiger partial charge in [-0.2, -0.15) is 0 Å². The Morgan fingerprint density at radius 1 is 1.56 bits per heavy atom. The van der Waals surface area contributed by atoms with E-state index in [0.29, 0.717) is 12.2 Å². The molecule has 1 N–H and O–H groups in total. The van der Waals surface area contributed by atoms with Gasteiger partial charge in [0.1, 0.15) is 11.4 Å². The van der Waals surface area contributed by atoms with Gasteiger partial charge in [-0.1, -0.05) is 0 Å². The Bertz CT molecular complexity index is 469. The lowest BCUT2D eigenvalue weighted by molar-refractivity contribution is -0.0113. The minimum Gasteiger partial charge on any atom is -0.463 e. The molecule has 3 rings (SSSR count). The maximum Gasteiger partial charge on any atom is 0.373 e. The van der Waals surface area contributed by atoms with Crippen molar-refractivity contribution in [3.05, 3.63) is 23.7 Å². The van der Waals surface area contributed by atoms with Gasteiger partial charge in [0.25, 0.3) is 0 Å². The van der Waals surface area contributed by atoms with Crippen LogP contribution in [0.15, 0.2) is 16.5 Å². The summed E-state index contributed by atoms with van der Waals surface area (Å²) in [7, 11) is 1.31. The average Bonchev–Trinajstić information content (AvgIpc) is 3.06. The first-order valence-corrected chi connectivity index (χ1v) is 6.30. The number of furan rings is 1. The molecule has 0 bridgehead atoms. The number of hydrogen-bond donors (Lipinski definition) is 1. The highest BCUT2D eigenvalue weighted by molar-refractivity contribution is 5.86. The fourth-order valence-corrected chi connectivity index (χ4v) is 3.18. The first-order valence-electron chi connectivity index (χ1n) is 6.30. The number of fused-ring (bicyclic) bond motifs is 1. The van der Waals surface area contributed by atoms with E-state index in [1.165, 1.54) is 7.11 Å². The fourth-order valence-electron chi connectivity index (χ4n) is 3.18. The molecule has 3 heterocycles. The number of methoxy groups -OCH3 is 1. The summed E-state index contributed by atoms with van der Waals surface area (Å²) in [6, 6.07) is 3.37. The number of esters is 1. The normalized spacial score (nSPS) is 31.6. The van der Waals surface area contributed by atoms with E-state index in [4.69, 9.17) is 4.42 Å². The summed E-state index contributed by atoms with van der Waals surface area (Å²) in [6.07, 6.45) is 2.74. The molecule has 0 saturated carbocycles. The molecule has 0 spiro atoms. The van der Waals surface area contributed by atoms with Crippen LogP contribution in [0.5, 0.6) is 0 Å². The molecule has 5 heteroatoms. The molecule has 2 saturated heterocycles. The summed E-state index contributed by atoms with van der Waals surface area (Å²) >= 11 is 0. The third kappa shape index (κ3) is 1.58. The van der Waals surface area contributed by atoms with Crippen LogP contribution in [0.1, 0.15) is 35.6 Å². The van der Waals surface area contributed by atoms with E-state index in [0.717, 1.165) is 25.9 Å². The summed E-state index contributed by atoms with van der Waals surface area (Å²) in [5.41, 5.74) is -0.956. The van der Waals surface area contributed by atoms with Gasteiger partial charge in [-0.25, -0.2) is 4.79 Å². The second kappa shape index (κ2) is 4.10. The summed E-state index contributed by atoms with van der Waals surface area (Å²) in [6.45, 7) is 1.92. The maximum absolute atomic E-state index is 11.4. The van der Waals surface area contributed by atoms with Crippen molar-refractivity contribution in [1.29, 1.82) is 0 Å². The van der Waals surface area contributed by atoms with Crippen LogP contribution in [0, 0.1) is 0 Å². The van der Waals surface area contributed by atoms with Crippen molar-refractivity contribution in [2.24, 2.45) is 0 Å². The number of rotatable bonds is 2. The molecule has 5 nitrogen and oxygen atoms in total. The van der Waals surface area contributed by atoms with E-state index in [9.17, 15) is 9.90 Å². The van der Waals surface area contributed by atoms with E-state index < -0.39 is 11.6 Å². The highest BCUT2D eigenvalue weighted by Gasteiger charge is 2.51. The lowest BCUT2D eigenvalue weighted by atomic mass is 9.90. The fraction of sp³-hybridized carbons (Fsp3) is 0.615. The summed E-state index contributed by atoms with van der Waals surface area (Å²) in [5.74, 6) is 0.126. The molecule has 0 aromatic carbocycles. The van der Waals surface area contributed by atoms with Gasteiger partial charge in [-0.15, -0.1) is 0 Å². The van der Waals surface area contributed by atoms with Crippen LogP contribution in [-0.2, 0) is 10.3 Å². The molecule has 0 aliphatic carbocycles. The predicted molar refractivity (Wildman–Crippen MR) is 63.2 cm³/mol. The number of nitrogens with zero attached hydrogens (tertiary/aromatic N) is 1. The van der Waals surface area contributed by atoms with Gasteiger partial charge < -0.3 is 14.3 Å². The molecule has 2 aliphatic heterocycles. The van der Waals surface area contributed by atoms with Gasteiger partial charge in [-0.3, -0.25) is 4.90 Å². The van der Waals surface area contributed by atoms with Gasteiger partial charge in [0.15, 0.2) is 0 Å². The zero-order chi connectivity index (χ0) is 12.8. The van der Waals surface area contributed by atoms with E-state index >= 15 is 0 Å². The number of aliphatic hydroxyl groups is 1. The first-order chi connectivity index (χ1) is 8.65. The molecule has 2 unspecified atom stereocenters. The zero-order valence-corrected chi connectivity index (χ0v) is 10.4. The standard InChI is InChI=1S/C13H17NO4/c1-17-12(15)9-4-5-11(18-9)13(16)6-8-14-7-2-3-10(13)14/h4-5,10,16H,2-3,6-8H2,1H3. The maximum atomic E-state index is 11.4. The van der Waals surface area contributed by atoms with Crippen LogP contribution < -0.4 is 0 Å². The second-order valence-corrected chi connectivity index (χ2v) is 5.02. The Morgan fingerprint density at radius 2 is 2.39 bits per heavy atom. The largest absolute Gasteiger partial charge is 0.463 e. The first kappa shape index (κ1) is 11.7. The molecule has 18 heavy (non-hydrogen) atoms. The predicted octanol–water partition coefficient (Wildman–Crippen LogP) is 1.12. The Morgan fingerprint density at radius 3 is 3.17 bits per heavy atom. The van der Waals surface area contributed by atoms with E-state index in [-0.39, 0.29) is 11.8 Å². The number of carbonyl (C=O) groups is 1. The minimum absolute atomic E-state index is 0.120. The average molecular weight is 251 g/mol. The van der Waals surface area contributed by atoms with Crippen molar-refractivity contribution >= 4 is 5.97 Å². The third-order valence-corrected chi connectivity index (χ3v) is 4.11. The van der Waals surface area contributed by atoms with E-state index in [1.807, 2.05) is 0 Å². The summed E-state index contributed by atoms with van der Waals surface area (Å²) in [5, 5.41) is 10.8. The summed E-state index contributed by atoms with van der Waals surface area (Å²) in [4.78, 5) is 13.7. The van der Waals surface area contributed by atoms with Crippen LogP contribution in [0.4, 0.5) is 0 Å². The molecule has 0 radical (unpaired) electrons. The van der Waals surface area contributed by atoms with Crippen LogP contribution in [0.3, 0.4) is 0 Å². The van der Waals surface area contributed by atoms with Crippen molar-refractivity contribution in [1.82, 2.24) is 4.90 Å². The number of carbonyl (C=O) groups excluding carboxylic acids is 1. The monoisotopic (exact) mass is 251 g/mol. The van der Waals surface area contributed by atoms with Crippen molar-refractivity contribution in [2.75, 3.05) is 20.2 Å². The van der Waals surface area contributed by atoms with Crippen molar-refractivity contribution in [2.45, 2.75) is 30.9 Å². The van der Waals surface area contributed by atoms with Crippen LogP contribution in [-0.4, -0.2) is 42.2 Å². The number of hydrogen-bond acceptors (Lipinski definition) is 5. The van der Waals surface area contributed by atoms with E-state index in [2.05, 4.69) is 9.64 Å². The van der Waals surface area contributed by atoms with Gasteiger partial charge in [0.05, 0.1) is 7.11 Å². The minimum atomic E-state index is -0.956. The molecule has 0 amide bonds. The number of ether oxygens (including phenoxy) is 1. The molecular formula is C13H17NO4.